The number of carbonyl (C=O) groups is 1. The Morgan fingerprint density at radius 1 is 1.12 bits per heavy atom. The number of hydrogen-bond acceptors (Lipinski definition) is 5. The largest absolute Gasteiger partial charge is 0.497 e. The van der Waals surface area contributed by atoms with Crippen molar-refractivity contribution >= 4 is 11.9 Å². The third-order valence-electron chi connectivity index (χ3n) is 3.51. The molecule has 0 aliphatic rings. The normalized spacial score (nSPS) is 10.4. The van der Waals surface area contributed by atoms with Gasteiger partial charge in [0.2, 0.25) is 5.95 Å². The summed E-state index contributed by atoms with van der Waals surface area (Å²) in [5.41, 5.74) is 1.68. The Morgan fingerprint density at radius 2 is 1.88 bits per heavy atom. The summed E-state index contributed by atoms with van der Waals surface area (Å²) in [6.45, 7) is 0. The van der Waals surface area contributed by atoms with Crippen LogP contribution >= 0.6 is 0 Å². The number of H-pyrrole nitrogens is 1. The molecule has 0 bridgehead atoms. The van der Waals surface area contributed by atoms with Crippen molar-refractivity contribution in [3.05, 3.63) is 65.7 Å². The molecule has 1 amide bonds. The van der Waals surface area contributed by atoms with Crippen molar-refractivity contribution in [1.82, 2.24) is 20.2 Å². The lowest BCUT2D eigenvalue weighted by molar-refractivity contribution is 0.102. The number of nitrogens with one attached hydrogen (secondary N) is 2. The van der Waals surface area contributed by atoms with E-state index in [9.17, 15) is 4.79 Å². The van der Waals surface area contributed by atoms with Gasteiger partial charge in [-0.15, -0.1) is 5.10 Å². The number of amides is 1. The summed E-state index contributed by atoms with van der Waals surface area (Å²) in [7, 11) is 1.64. The van der Waals surface area contributed by atoms with E-state index in [0.29, 0.717) is 12.0 Å². The van der Waals surface area contributed by atoms with Crippen molar-refractivity contribution in [2.24, 2.45) is 0 Å². The molecule has 0 radical (unpaired) electrons. The second-order valence-electron chi connectivity index (χ2n) is 5.14. The van der Waals surface area contributed by atoms with E-state index < -0.39 is 0 Å². The highest BCUT2D eigenvalue weighted by Gasteiger charge is 2.09. The third-order valence-corrected chi connectivity index (χ3v) is 3.51. The zero-order valence-electron chi connectivity index (χ0n) is 13.2. The van der Waals surface area contributed by atoms with Gasteiger partial charge in [0, 0.05) is 24.4 Å². The van der Waals surface area contributed by atoms with Crippen LogP contribution in [0.15, 0.2) is 48.8 Å². The smallest absolute Gasteiger partial charge is 0.258 e. The van der Waals surface area contributed by atoms with E-state index >= 15 is 0 Å². The van der Waals surface area contributed by atoms with E-state index in [1.165, 1.54) is 5.56 Å². The summed E-state index contributed by atoms with van der Waals surface area (Å²) in [5, 5.41) is 9.52. The van der Waals surface area contributed by atoms with Gasteiger partial charge in [0.25, 0.3) is 5.91 Å². The lowest BCUT2D eigenvalue weighted by Gasteiger charge is -2.02. The van der Waals surface area contributed by atoms with Crippen LogP contribution in [0.4, 0.5) is 5.95 Å². The minimum absolute atomic E-state index is 0.265. The Kier molecular flexibility index (Phi) is 4.81. The van der Waals surface area contributed by atoms with E-state index in [1.54, 1.807) is 31.6 Å². The number of aromatic nitrogens is 4. The lowest BCUT2D eigenvalue weighted by Crippen LogP contribution is -2.12. The second-order valence-corrected chi connectivity index (χ2v) is 5.14. The van der Waals surface area contributed by atoms with Gasteiger partial charge in [-0.05, 0) is 36.2 Å². The molecule has 2 aromatic heterocycles. The number of carbonyl (C=O) groups excluding carboxylic acids is 1. The van der Waals surface area contributed by atoms with Crippen LogP contribution in [0, 0.1) is 0 Å². The second kappa shape index (κ2) is 7.36. The van der Waals surface area contributed by atoms with Crippen LogP contribution in [-0.4, -0.2) is 33.2 Å². The molecule has 0 saturated heterocycles. The monoisotopic (exact) mass is 323 g/mol. The van der Waals surface area contributed by atoms with Gasteiger partial charge in [-0.1, -0.05) is 12.1 Å². The minimum Gasteiger partial charge on any atom is -0.497 e. The molecule has 2 N–H and O–H groups in total. The van der Waals surface area contributed by atoms with Gasteiger partial charge < -0.3 is 4.74 Å². The summed E-state index contributed by atoms with van der Waals surface area (Å²) in [4.78, 5) is 20.2. The van der Waals surface area contributed by atoms with Gasteiger partial charge in [0.15, 0.2) is 0 Å². The number of anilines is 1. The first kappa shape index (κ1) is 15.7. The third kappa shape index (κ3) is 3.95. The van der Waals surface area contributed by atoms with E-state index in [0.717, 1.165) is 18.0 Å². The number of nitrogens with zero attached hydrogens (tertiary/aromatic N) is 3. The maximum Gasteiger partial charge on any atom is 0.258 e. The van der Waals surface area contributed by atoms with Gasteiger partial charge in [-0.2, -0.15) is 4.98 Å². The van der Waals surface area contributed by atoms with E-state index in [1.807, 2.05) is 24.3 Å². The number of rotatable bonds is 6. The number of aromatic amines is 1. The van der Waals surface area contributed by atoms with E-state index in [4.69, 9.17) is 4.74 Å². The van der Waals surface area contributed by atoms with Crippen LogP contribution < -0.4 is 10.1 Å². The highest BCUT2D eigenvalue weighted by atomic mass is 16.5. The zero-order chi connectivity index (χ0) is 16.8. The molecule has 0 atom stereocenters. The average Bonchev–Trinajstić information content (AvgIpc) is 3.08. The number of benzene rings is 1. The molecule has 3 aromatic rings. The fraction of sp³-hybridized carbons (Fsp3) is 0.176. The van der Waals surface area contributed by atoms with Crippen molar-refractivity contribution in [2.75, 3.05) is 12.4 Å². The van der Waals surface area contributed by atoms with Crippen molar-refractivity contribution < 1.29 is 9.53 Å². The van der Waals surface area contributed by atoms with Crippen LogP contribution in [0.25, 0.3) is 0 Å². The topological polar surface area (TPSA) is 92.8 Å². The van der Waals surface area contributed by atoms with Crippen LogP contribution in [0.5, 0.6) is 5.75 Å². The van der Waals surface area contributed by atoms with Gasteiger partial charge in [0.1, 0.15) is 11.6 Å². The van der Waals surface area contributed by atoms with Crippen molar-refractivity contribution in [2.45, 2.75) is 12.8 Å². The highest BCUT2D eigenvalue weighted by molar-refractivity contribution is 6.03. The summed E-state index contributed by atoms with van der Waals surface area (Å²) in [5.74, 6) is 1.55. The number of aryl methyl sites for hydroxylation is 2. The molecule has 1 aromatic carbocycles. The summed E-state index contributed by atoms with van der Waals surface area (Å²) in [6.07, 6.45) is 4.64. The molecular formula is C17H17N5O2. The van der Waals surface area contributed by atoms with Crippen LogP contribution in [0.1, 0.15) is 21.7 Å². The maximum atomic E-state index is 12.0. The zero-order valence-corrected chi connectivity index (χ0v) is 13.2. The molecule has 7 heteroatoms. The minimum atomic E-state index is -0.266. The van der Waals surface area contributed by atoms with Gasteiger partial charge in [0.05, 0.1) is 7.11 Å². The fourth-order valence-electron chi connectivity index (χ4n) is 2.19. The van der Waals surface area contributed by atoms with Crippen LogP contribution in [0.3, 0.4) is 0 Å². The van der Waals surface area contributed by atoms with Crippen molar-refractivity contribution in [3.8, 4) is 5.75 Å². The molecule has 24 heavy (non-hydrogen) atoms. The van der Waals surface area contributed by atoms with E-state index in [-0.39, 0.29) is 11.9 Å². The molecule has 0 aliphatic carbocycles. The first-order chi connectivity index (χ1) is 11.7. The highest BCUT2D eigenvalue weighted by Crippen LogP contribution is 2.13. The summed E-state index contributed by atoms with van der Waals surface area (Å²) in [6, 6.07) is 11.1. The first-order valence-corrected chi connectivity index (χ1v) is 7.50. The molecule has 2 heterocycles. The van der Waals surface area contributed by atoms with E-state index in [2.05, 4.69) is 25.5 Å². The predicted octanol–water partition coefficient (Wildman–Crippen LogP) is 2.25. The Hall–Kier alpha value is -3.22. The molecule has 0 unspecified atom stereocenters. The molecule has 0 aliphatic heterocycles. The Labute approximate surface area is 139 Å². The van der Waals surface area contributed by atoms with Gasteiger partial charge in [-0.3, -0.25) is 20.2 Å². The molecule has 7 nitrogen and oxygen atoms in total. The molecule has 0 fully saturated rings. The Bertz CT molecular complexity index is 799. The van der Waals surface area contributed by atoms with Crippen molar-refractivity contribution in [3.63, 3.8) is 0 Å². The molecular weight excluding hydrogens is 306 g/mol. The molecule has 0 spiro atoms. The quantitative estimate of drug-likeness (QED) is 0.726. The molecule has 122 valence electrons. The SMILES string of the molecule is COc1ccc(CCc2nc(NC(=O)c3ccncc3)n[nH]2)cc1. The molecule has 3 rings (SSSR count). The average molecular weight is 323 g/mol. The Balaban J connectivity index is 1.56. The standard InChI is InChI=1S/C17H17N5O2/c1-24-14-5-2-12(3-6-14)4-7-15-19-17(22-21-15)20-16(23)13-8-10-18-11-9-13/h2-3,5-6,8-11H,4,7H2,1H3,(H2,19,20,21,22,23). The Morgan fingerprint density at radius 3 is 2.58 bits per heavy atom. The molecule has 0 saturated carbocycles. The number of hydrogen-bond donors (Lipinski definition) is 2. The van der Waals surface area contributed by atoms with Gasteiger partial charge in [-0.25, -0.2) is 0 Å². The fourth-order valence-corrected chi connectivity index (χ4v) is 2.19. The predicted molar refractivity (Wildman–Crippen MR) is 89.0 cm³/mol. The summed E-state index contributed by atoms with van der Waals surface area (Å²) >= 11 is 0. The number of pyridine rings is 1. The van der Waals surface area contributed by atoms with Crippen LogP contribution in [-0.2, 0) is 12.8 Å². The lowest BCUT2D eigenvalue weighted by atomic mass is 10.1. The number of ether oxygens (including phenoxy) is 1. The number of methoxy groups -OCH3 is 1. The first-order valence-electron chi connectivity index (χ1n) is 7.50. The van der Waals surface area contributed by atoms with Crippen molar-refractivity contribution in [1.29, 1.82) is 0 Å². The summed E-state index contributed by atoms with van der Waals surface area (Å²) < 4.78 is 5.14. The van der Waals surface area contributed by atoms with Crippen LogP contribution in [0.2, 0.25) is 0 Å². The van der Waals surface area contributed by atoms with Gasteiger partial charge >= 0.3 is 0 Å². The maximum absolute atomic E-state index is 12.0.